The molecule has 1 atom stereocenters. The van der Waals surface area contributed by atoms with Crippen LogP contribution in [0.25, 0.3) is 0 Å². The Morgan fingerprint density at radius 3 is 2.21 bits per heavy atom. The van der Waals surface area contributed by atoms with Gasteiger partial charge in [-0.05, 0) is 69.7 Å². The fraction of sp³-hybridized carbons (Fsp3) is 0.310. The molecule has 0 aromatic heterocycles. The van der Waals surface area contributed by atoms with E-state index in [1.165, 1.54) is 24.1 Å². The van der Waals surface area contributed by atoms with Gasteiger partial charge >= 0.3 is 0 Å². The number of methoxy groups -OCH3 is 1. The van der Waals surface area contributed by atoms with E-state index in [9.17, 15) is 18.0 Å². The fourth-order valence-corrected chi connectivity index (χ4v) is 5.44. The second kappa shape index (κ2) is 13.0. The number of hydrogen-bond donors (Lipinski definition) is 1. The van der Waals surface area contributed by atoms with Crippen LogP contribution >= 0.6 is 11.6 Å². The summed E-state index contributed by atoms with van der Waals surface area (Å²) in [5.74, 6) is -0.455. The van der Waals surface area contributed by atoms with Gasteiger partial charge in [0.05, 0.1) is 17.7 Å². The van der Waals surface area contributed by atoms with Gasteiger partial charge in [-0.15, -0.1) is 0 Å². The molecule has 0 aliphatic rings. The molecule has 3 aromatic rings. The highest BCUT2D eigenvalue weighted by Crippen LogP contribution is 2.28. The zero-order valence-electron chi connectivity index (χ0n) is 22.7. The molecule has 39 heavy (non-hydrogen) atoms. The van der Waals surface area contributed by atoms with Crippen molar-refractivity contribution in [1.29, 1.82) is 0 Å². The molecule has 8 nitrogen and oxygen atoms in total. The van der Waals surface area contributed by atoms with E-state index in [-0.39, 0.29) is 29.1 Å². The van der Waals surface area contributed by atoms with E-state index in [0.29, 0.717) is 10.8 Å². The summed E-state index contributed by atoms with van der Waals surface area (Å²) in [4.78, 5) is 28.3. The van der Waals surface area contributed by atoms with Crippen LogP contribution in [-0.2, 0) is 26.2 Å². The number of nitrogens with zero attached hydrogens (tertiary/aromatic N) is 2. The van der Waals surface area contributed by atoms with Crippen LogP contribution in [0.5, 0.6) is 5.75 Å². The molecule has 0 heterocycles. The van der Waals surface area contributed by atoms with Gasteiger partial charge < -0.3 is 15.0 Å². The van der Waals surface area contributed by atoms with Crippen molar-refractivity contribution in [1.82, 2.24) is 10.2 Å². The number of benzene rings is 3. The van der Waals surface area contributed by atoms with Gasteiger partial charge in [0.1, 0.15) is 18.3 Å². The monoisotopic (exact) mass is 571 g/mol. The van der Waals surface area contributed by atoms with E-state index in [2.05, 4.69) is 5.32 Å². The number of hydrogen-bond acceptors (Lipinski definition) is 5. The number of sulfonamides is 1. The van der Waals surface area contributed by atoms with Crippen molar-refractivity contribution in [2.24, 2.45) is 0 Å². The molecule has 10 heteroatoms. The fourth-order valence-electron chi connectivity index (χ4n) is 3.91. The Bertz CT molecular complexity index is 1390. The van der Waals surface area contributed by atoms with E-state index in [1.807, 2.05) is 20.8 Å². The maximum Gasteiger partial charge on any atom is 0.264 e. The first-order chi connectivity index (χ1) is 18.4. The number of ether oxygens (including phenoxy) is 1. The van der Waals surface area contributed by atoms with Crippen molar-refractivity contribution >= 4 is 39.1 Å². The van der Waals surface area contributed by atoms with Gasteiger partial charge in [-0.25, -0.2) is 8.42 Å². The zero-order valence-corrected chi connectivity index (χ0v) is 24.3. The number of carbonyl (C=O) groups is 2. The quantitative estimate of drug-likeness (QED) is 0.357. The number of aryl methyl sites for hydroxylation is 1. The van der Waals surface area contributed by atoms with Crippen LogP contribution in [0.3, 0.4) is 0 Å². The average molecular weight is 572 g/mol. The summed E-state index contributed by atoms with van der Waals surface area (Å²) in [6, 6.07) is 18.8. The molecule has 2 amide bonds. The first-order valence-corrected chi connectivity index (χ1v) is 14.3. The molecule has 0 saturated carbocycles. The highest BCUT2D eigenvalue weighted by atomic mass is 35.5. The Morgan fingerprint density at radius 1 is 0.974 bits per heavy atom. The van der Waals surface area contributed by atoms with Crippen LogP contribution in [0.2, 0.25) is 5.02 Å². The summed E-state index contributed by atoms with van der Waals surface area (Å²) in [7, 11) is -2.68. The molecule has 0 fully saturated rings. The summed E-state index contributed by atoms with van der Waals surface area (Å²) in [5.41, 5.74) is 1.90. The van der Waals surface area contributed by atoms with Crippen molar-refractivity contribution in [3.63, 3.8) is 0 Å². The minimum Gasteiger partial charge on any atom is -0.497 e. The summed E-state index contributed by atoms with van der Waals surface area (Å²) in [5, 5.41) is 3.37. The molecule has 0 aliphatic carbocycles. The second-order valence-electron chi connectivity index (χ2n) is 9.51. The smallest absolute Gasteiger partial charge is 0.264 e. The lowest BCUT2D eigenvalue weighted by Gasteiger charge is -2.32. The van der Waals surface area contributed by atoms with Gasteiger partial charge in [-0.3, -0.25) is 13.9 Å². The predicted octanol–water partition coefficient (Wildman–Crippen LogP) is 4.79. The molecule has 0 bridgehead atoms. The number of amides is 2. The standard InChI is InChI=1S/C29H34ClN3O5S/c1-20(2)31-29(35)22(4)32(18-23-11-13-24(30)14-12-23)28(34)19-33(25-7-6-8-26(17-25)38-5)39(36,37)27-15-9-21(3)10-16-27/h6-17,20,22H,18-19H2,1-5H3,(H,31,35)/t22-/m1/s1. The molecule has 1 N–H and O–H groups in total. The largest absolute Gasteiger partial charge is 0.497 e. The molecule has 0 spiro atoms. The van der Waals surface area contributed by atoms with Crippen LogP contribution in [0, 0.1) is 6.92 Å². The Balaban J connectivity index is 2.04. The van der Waals surface area contributed by atoms with Crippen molar-refractivity contribution in [3.8, 4) is 5.75 Å². The molecule has 0 radical (unpaired) electrons. The lowest BCUT2D eigenvalue weighted by atomic mass is 10.1. The Labute approximate surface area is 235 Å². The Morgan fingerprint density at radius 2 is 1.62 bits per heavy atom. The first-order valence-electron chi connectivity index (χ1n) is 12.5. The molecular formula is C29H34ClN3O5S. The number of anilines is 1. The maximum atomic E-state index is 13.9. The van der Waals surface area contributed by atoms with Crippen molar-refractivity contribution < 1.29 is 22.7 Å². The SMILES string of the molecule is COc1cccc(N(CC(=O)N(Cc2ccc(Cl)cc2)[C@H](C)C(=O)NC(C)C)S(=O)(=O)c2ccc(C)cc2)c1. The van der Waals surface area contributed by atoms with Crippen LogP contribution < -0.4 is 14.4 Å². The lowest BCUT2D eigenvalue weighted by molar-refractivity contribution is -0.139. The van der Waals surface area contributed by atoms with E-state index in [0.717, 1.165) is 15.4 Å². The molecule has 0 unspecified atom stereocenters. The second-order valence-corrected chi connectivity index (χ2v) is 11.8. The number of halogens is 1. The molecular weight excluding hydrogens is 538 g/mol. The number of nitrogens with one attached hydrogen (secondary N) is 1. The summed E-state index contributed by atoms with van der Waals surface area (Å²) in [6.07, 6.45) is 0. The first kappa shape index (κ1) is 30.0. The third-order valence-electron chi connectivity index (χ3n) is 6.09. The Hall–Kier alpha value is -3.56. The van der Waals surface area contributed by atoms with E-state index in [1.54, 1.807) is 67.6 Å². The molecule has 0 saturated heterocycles. The van der Waals surface area contributed by atoms with Crippen LogP contribution in [0.1, 0.15) is 31.9 Å². The molecule has 0 aliphatic heterocycles. The third kappa shape index (κ3) is 7.74. The van der Waals surface area contributed by atoms with Gasteiger partial charge in [0, 0.05) is 23.7 Å². The van der Waals surface area contributed by atoms with Crippen LogP contribution in [-0.4, -0.2) is 50.9 Å². The summed E-state index contributed by atoms with van der Waals surface area (Å²) < 4.78 is 34.1. The van der Waals surface area contributed by atoms with Gasteiger partial charge in [0.15, 0.2) is 0 Å². The summed E-state index contributed by atoms with van der Waals surface area (Å²) in [6.45, 7) is 6.69. The van der Waals surface area contributed by atoms with Gasteiger partial charge in [0.2, 0.25) is 11.8 Å². The van der Waals surface area contributed by atoms with E-state index < -0.39 is 28.5 Å². The maximum absolute atomic E-state index is 13.9. The predicted molar refractivity (Wildman–Crippen MR) is 153 cm³/mol. The Kier molecular flexibility index (Phi) is 9.99. The topological polar surface area (TPSA) is 96.0 Å². The normalized spacial score (nSPS) is 12.1. The third-order valence-corrected chi connectivity index (χ3v) is 8.13. The van der Waals surface area contributed by atoms with Crippen molar-refractivity contribution in [2.45, 2.75) is 51.2 Å². The number of rotatable bonds is 11. The van der Waals surface area contributed by atoms with Crippen molar-refractivity contribution in [2.75, 3.05) is 18.0 Å². The zero-order chi connectivity index (χ0) is 28.7. The molecule has 3 rings (SSSR count). The minimum atomic E-state index is -4.16. The van der Waals surface area contributed by atoms with Crippen LogP contribution in [0.4, 0.5) is 5.69 Å². The summed E-state index contributed by atoms with van der Waals surface area (Å²) >= 11 is 6.03. The van der Waals surface area contributed by atoms with Crippen LogP contribution in [0.15, 0.2) is 77.7 Å². The minimum absolute atomic E-state index is 0.0403. The lowest BCUT2D eigenvalue weighted by Crippen LogP contribution is -2.52. The van der Waals surface area contributed by atoms with E-state index >= 15 is 0 Å². The molecule has 3 aromatic carbocycles. The van der Waals surface area contributed by atoms with E-state index in [4.69, 9.17) is 16.3 Å². The average Bonchev–Trinajstić information content (AvgIpc) is 2.90. The van der Waals surface area contributed by atoms with Gasteiger partial charge in [-0.2, -0.15) is 0 Å². The number of carbonyl (C=O) groups excluding carboxylic acids is 2. The van der Waals surface area contributed by atoms with Crippen molar-refractivity contribution in [3.05, 3.63) is 88.9 Å². The highest BCUT2D eigenvalue weighted by molar-refractivity contribution is 7.92. The van der Waals surface area contributed by atoms with Gasteiger partial charge in [0.25, 0.3) is 10.0 Å². The highest BCUT2D eigenvalue weighted by Gasteiger charge is 2.32. The van der Waals surface area contributed by atoms with Gasteiger partial charge in [-0.1, -0.05) is 47.5 Å². The molecule has 208 valence electrons.